The van der Waals surface area contributed by atoms with E-state index in [1.54, 1.807) is 13.0 Å². The van der Waals surface area contributed by atoms with E-state index >= 15 is 0 Å². The molecule has 0 bridgehead atoms. The Morgan fingerprint density at radius 3 is 2.50 bits per heavy atom. The molecule has 0 radical (unpaired) electrons. The van der Waals surface area contributed by atoms with Crippen molar-refractivity contribution >= 4 is 34.7 Å². The molecule has 0 N–H and O–H groups in total. The summed E-state index contributed by atoms with van der Waals surface area (Å²) in [5.41, 5.74) is 0.586. The monoisotopic (exact) mass is 170 g/mol. The van der Waals surface area contributed by atoms with Gasteiger partial charge in [-0.3, -0.25) is 0 Å². The van der Waals surface area contributed by atoms with Crippen molar-refractivity contribution in [3.63, 3.8) is 0 Å². The van der Waals surface area contributed by atoms with E-state index in [0.29, 0.717) is 10.6 Å². The van der Waals surface area contributed by atoms with E-state index in [0.717, 1.165) is 0 Å². The van der Waals surface area contributed by atoms with E-state index in [4.69, 9.17) is 11.6 Å². The quantitative estimate of drug-likeness (QED) is 0.526. The van der Waals surface area contributed by atoms with Gasteiger partial charge in [-0.15, -0.1) is 0 Å². The molecule has 1 rings (SSSR count). The smallest absolute Gasteiger partial charge is 1.00 e. The van der Waals surface area contributed by atoms with Crippen molar-refractivity contribution < 1.29 is 7.24 Å². The third-order valence-electron chi connectivity index (χ3n) is 1.12. The number of halogens is 2. The third-order valence-corrected chi connectivity index (χ3v) is 1.36. The minimum Gasteiger partial charge on any atom is -1.00 e. The second kappa shape index (κ2) is 4.16. The van der Waals surface area contributed by atoms with Crippen LogP contribution in [0.3, 0.4) is 0 Å². The van der Waals surface area contributed by atoms with Crippen LogP contribution < -0.4 is 0 Å². The van der Waals surface area contributed by atoms with Crippen LogP contribution >= 0.6 is 11.6 Å². The van der Waals surface area contributed by atoms with E-state index < -0.39 is 0 Å². The maximum Gasteiger partial charge on any atom is 2.00 e. The van der Waals surface area contributed by atoms with Crippen molar-refractivity contribution in [3.8, 4) is 0 Å². The van der Waals surface area contributed by atoms with Crippen molar-refractivity contribution in [3.05, 3.63) is 34.6 Å². The van der Waals surface area contributed by atoms with Crippen molar-refractivity contribution in [2.45, 2.75) is 6.92 Å². The Morgan fingerprint density at radius 2 is 2.10 bits per heavy atom. The van der Waals surface area contributed by atoms with E-state index in [2.05, 4.69) is 0 Å². The Balaban J connectivity index is -0.000000270. The maximum atomic E-state index is 12.4. The molecule has 0 unspecified atom stereocenters. The summed E-state index contributed by atoms with van der Waals surface area (Å²) in [6.45, 7) is 1.68. The predicted octanol–water partition coefficient (Wildman–Crippen LogP) is 2.63. The topological polar surface area (TPSA) is 0 Å². The van der Waals surface area contributed by atoms with Crippen molar-refractivity contribution in [2.75, 3.05) is 0 Å². The first-order chi connectivity index (χ1) is 4.20. The van der Waals surface area contributed by atoms with Crippen LogP contribution in [0.4, 0.5) is 4.39 Å². The summed E-state index contributed by atoms with van der Waals surface area (Å²) in [4.78, 5) is 0. The molecule has 0 nitrogen and oxygen atoms in total. The molecule has 1 aromatic rings. The summed E-state index contributed by atoms with van der Waals surface area (Å²) in [7, 11) is 0. The van der Waals surface area contributed by atoms with Gasteiger partial charge in [0, 0.05) is 5.02 Å². The molecule has 0 amide bonds. The van der Waals surface area contributed by atoms with Gasteiger partial charge >= 0.3 is 23.1 Å². The van der Waals surface area contributed by atoms with Gasteiger partial charge < -0.3 is 2.85 Å². The molecule has 0 atom stereocenters. The molecule has 0 aliphatic heterocycles. The fourth-order valence-corrected chi connectivity index (χ4v) is 0.835. The first kappa shape index (κ1) is 10.2. The maximum absolute atomic E-state index is 12.4. The van der Waals surface area contributed by atoms with Gasteiger partial charge in [-0.05, 0) is 30.7 Å². The third kappa shape index (κ3) is 2.44. The van der Waals surface area contributed by atoms with E-state index in [1.165, 1.54) is 12.1 Å². The Bertz CT molecular complexity index is 233. The standard InChI is InChI=1S/C7H6ClF.Mg.2H/c1-5-4-6(8)2-3-7(5)9;;;/h2-4H,1H3;;;/q;+2;2*-1. The van der Waals surface area contributed by atoms with Crippen LogP contribution in [0.5, 0.6) is 0 Å². The molecule has 10 heavy (non-hydrogen) atoms. The molecule has 0 aromatic heterocycles. The molecular weight excluding hydrogens is 163 g/mol. The number of benzene rings is 1. The van der Waals surface area contributed by atoms with Crippen LogP contribution in [0.25, 0.3) is 0 Å². The molecule has 0 aliphatic rings. The van der Waals surface area contributed by atoms with Crippen LogP contribution in [0.2, 0.25) is 5.02 Å². The average Bonchev–Trinajstić information content (AvgIpc) is 1.80. The summed E-state index contributed by atoms with van der Waals surface area (Å²) in [6, 6.07) is 4.48. The molecule has 0 spiro atoms. The summed E-state index contributed by atoms with van der Waals surface area (Å²) < 4.78 is 12.4. The molecular formula is C7H8ClFMg. The zero-order chi connectivity index (χ0) is 6.85. The van der Waals surface area contributed by atoms with Crippen LogP contribution in [-0.2, 0) is 0 Å². The van der Waals surface area contributed by atoms with Gasteiger partial charge in [0.05, 0.1) is 0 Å². The van der Waals surface area contributed by atoms with Gasteiger partial charge in [-0.2, -0.15) is 0 Å². The van der Waals surface area contributed by atoms with Crippen LogP contribution in [0.15, 0.2) is 18.2 Å². The van der Waals surface area contributed by atoms with Crippen LogP contribution in [0, 0.1) is 12.7 Å². The Hall–Kier alpha value is 0.206. The van der Waals surface area contributed by atoms with Crippen molar-refractivity contribution in [1.29, 1.82) is 0 Å². The van der Waals surface area contributed by atoms with Gasteiger partial charge in [0.2, 0.25) is 0 Å². The molecule has 0 saturated carbocycles. The summed E-state index contributed by atoms with van der Waals surface area (Å²) in [5.74, 6) is -0.209. The molecule has 1 aromatic carbocycles. The van der Waals surface area contributed by atoms with E-state index in [9.17, 15) is 4.39 Å². The van der Waals surface area contributed by atoms with Crippen LogP contribution in [0.1, 0.15) is 8.42 Å². The van der Waals surface area contributed by atoms with E-state index in [-0.39, 0.29) is 31.7 Å². The second-order valence-electron chi connectivity index (χ2n) is 1.89. The Labute approximate surface area is 83.5 Å². The zero-order valence-electron chi connectivity index (χ0n) is 7.70. The molecule has 0 aliphatic carbocycles. The van der Waals surface area contributed by atoms with Gasteiger partial charge in [-0.1, -0.05) is 11.6 Å². The zero-order valence-corrected chi connectivity index (χ0v) is 7.87. The largest absolute Gasteiger partial charge is 2.00 e. The van der Waals surface area contributed by atoms with Gasteiger partial charge in [0.1, 0.15) is 5.82 Å². The number of hydrogen-bond donors (Lipinski definition) is 0. The van der Waals surface area contributed by atoms with Crippen LogP contribution in [-0.4, -0.2) is 23.1 Å². The van der Waals surface area contributed by atoms with Crippen molar-refractivity contribution in [2.24, 2.45) is 0 Å². The number of hydrogen-bond acceptors (Lipinski definition) is 0. The van der Waals surface area contributed by atoms with Gasteiger partial charge in [0.25, 0.3) is 0 Å². The van der Waals surface area contributed by atoms with Crippen molar-refractivity contribution in [1.82, 2.24) is 0 Å². The molecule has 0 heterocycles. The molecule has 0 fully saturated rings. The molecule has 3 heteroatoms. The first-order valence-corrected chi connectivity index (χ1v) is 2.99. The first-order valence-electron chi connectivity index (χ1n) is 2.62. The van der Waals surface area contributed by atoms with E-state index in [1.807, 2.05) is 0 Å². The average molecular weight is 171 g/mol. The molecule has 52 valence electrons. The fraction of sp³-hybridized carbons (Fsp3) is 0.143. The van der Waals surface area contributed by atoms with Gasteiger partial charge in [-0.25, -0.2) is 4.39 Å². The fourth-order valence-electron chi connectivity index (χ4n) is 0.608. The summed E-state index contributed by atoms with van der Waals surface area (Å²) in [5, 5.41) is 0.578. The summed E-state index contributed by atoms with van der Waals surface area (Å²) >= 11 is 5.55. The Morgan fingerprint density at radius 1 is 1.50 bits per heavy atom. The number of rotatable bonds is 0. The molecule has 0 saturated heterocycles. The normalized spacial score (nSPS) is 8.70. The minimum absolute atomic E-state index is 0. The van der Waals surface area contributed by atoms with Gasteiger partial charge in [0.15, 0.2) is 0 Å². The second-order valence-corrected chi connectivity index (χ2v) is 2.33. The summed E-state index contributed by atoms with van der Waals surface area (Å²) in [6.07, 6.45) is 0. The predicted molar refractivity (Wildman–Crippen MR) is 44.1 cm³/mol. The number of aryl methyl sites for hydroxylation is 1. The minimum atomic E-state index is -0.209. The Kier molecular flexibility index (Phi) is 4.25. The SMILES string of the molecule is Cc1cc(Cl)ccc1F.[H-].[H-].[Mg+2].